The Bertz CT molecular complexity index is 2580. The molecule has 7 rings (SSSR count). The lowest BCUT2D eigenvalue weighted by molar-refractivity contribution is 0.588. The second-order valence-corrected chi connectivity index (χ2v) is 19.2. The number of aryl methyl sites for hydroxylation is 7. The maximum absolute atomic E-state index is 14.3. The molecule has 1 aromatic heterocycles. The molecule has 0 saturated carbocycles. The first kappa shape index (κ1) is 43.8. The molecule has 4 nitrogen and oxygen atoms in total. The molecule has 1 unspecified atom stereocenters. The van der Waals surface area contributed by atoms with Crippen LogP contribution in [0.3, 0.4) is 0 Å². The predicted octanol–water partition coefficient (Wildman–Crippen LogP) is 12.0. The molecule has 0 radical (unpaired) electrons. The summed E-state index contributed by atoms with van der Waals surface area (Å²) >= 11 is 11.7. The zero-order valence-corrected chi connectivity index (χ0v) is 34.5. The van der Waals surface area contributed by atoms with Gasteiger partial charge in [-0.2, -0.15) is 0 Å². The van der Waals surface area contributed by atoms with Crippen LogP contribution in [0.2, 0.25) is 10.0 Å². The molecule has 1 aliphatic rings. The summed E-state index contributed by atoms with van der Waals surface area (Å²) in [5.41, 5.74) is 6.84. The Labute approximate surface area is 346 Å². The van der Waals surface area contributed by atoms with Gasteiger partial charge >= 0.3 is 0 Å². The third-order valence-corrected chi connectivity index (χ3v) is 14.7. The Hall–Kier alpha value is -4.34. The first-order valence-corrected chi connectivity index (χ1v) is 22.4. The zero-order valence-electron chi connectivity index (χ0n) is 31.3. The van der Waals surface area contributed by atoms with Gasteiger partial charge in [0, 0.05) is 41.8 Å². The predicted molar refractivity (Wildman–Crippen MR) is 231 cm³/mol. The average Bonchev–Trinajstić information content (AvgIpc) is 3.17. The minimum absolute atomic E-state index is 0. The van der Waals surface area contributed by atoms with Crippen molar-refractivity contribution in [2.45, 2.75) is 92.2 Å². The van der Waals surface area contributed by atoms with E-state index in [4.69, 9.17) is 23.2 Å². The summed E-state index contributed by atoms with van der Waals surface area (Å²) in [7, 11) is -6.33. The van der Waals surface area contributed by atoms with E-state index in [9.17, 15) is 21.4 Å². The van der Waals surface area contributed by atoms with Crippen molar-refractivity contribution in [3.63, 3.8) is 0 Å². The maximum Gasteiger partial charge on any atom is 0.207 e. The van der Waals surface area contributed by atoms with Gasteiger partial charge in [-0.1, -0.05) is 90.3 Å². The van der Waals surface area contributed by atoms with Gasteiger partial charge in [0.1, 0.15) is 11.6 Å². The fourth-order valence-electron chi connectivity index (χ4n) is 7.01. The van der Waals surface area contributed by atoms with Gasteiger partial charge in [0.15, 0.2) is 0 Å². The quantitative estimate of drug-likeness (QED) is 0.129. The Morgan fingerprint density at radius 2 is 1.12 bits per heavy atom. The summed E-state index contributed by atoms with van der Waals surface area (Å²) in [4.78, 5) is 6.21. The van der Waals surface area contributed by atoms with Gasteiger partial charge in [-0.05, 0) is 159 Å². The zero-order chi connectivity index (χ0) is 40.0. The van der Waals surface area contributed by atoms with Crippen LogP contribution in [0.1, 0.15) is 64.8 Å². The molecule has 0 bridgehead atoms. The van der Waals surface area contributed by atoms with E-state index in [1.54, 1.807) is 54.9 Å². The fourth-order valence-corrected chi connectivity index (χ4v) is 10.8. The van der Waals surface area contributed by atoms with E-state index in [1.165, 1.54) is 12.1 Å². The first-order valence-electron chi connectivity index (χ1n) is 18.4. The molecule has 0 spiro atoms. The summed E-state index contributed by atoms with van der Waals surface area (Å²) in [5.74, 6) is 3.30. The van der Waals surface area contributed by atoms with Gasteiger partial charge in [-0.3, -0.25) is 9.19 Å². The van der Waals surface area contributed by atoms with Gasteiger partial charge < -0.3 is 0 Å². The fraction of sp³-hybridized carbons (Fsp3) is 0.234. The smallest absolute Gasteiger partial charge is 0.207 e. The highest BCUT2D eigenvalue weighted by atomic mass is 35.5. The first-order chi connectivity index (χ1) is 26.7. The normalized spacial score (nSPS) is 13.4. The van der Waals surface area contributed by atoms with Crippen molar-refractivity contribution in [1.82, 2.24) is 4.98 Å². The molecule has 5 aromatic carbocycles. The molecule has 6 aromatic rings. The lowest BCUT2D eigenvalue weighted by Crippen LogP contribution is -2.15. The number of sulfone groups is 1. The summed E-state index contributed by atoms with van der Waals surface area (Å²) in [6.45, 7) is 3.92. The largest absolute Gasteiger partial charge is 0.264 e. The minimum Gasteiger partial charge on any atom is -0.264 e. The Balaban J connectivity index is 0.000000216. The van der Waals surface area contributed by atoms with Crippen molar-refractivity contribution in [2.75, 3.05) is 0 Å². The molecular formula is C47H47Cl2F2NO3S2. The van der Waals surface area contributed by atoms with Crippen molar-refractivity contribution in [1.29, 1.82) is 0 Å². The molecule has 1 aliphatic carbocycles. The molecule has 0 amide bonds. The van der Waals surface area contributed by atoms with Crippen LogP contribution in [0, 0.1) is 25.5 Å². The van der Waals surface area contributed by atoms with E-state index in [0.717, 1.165) is 59.1 Å². The standard InChI is InChI=1S/C25H24ClFO2S.C21H19ClFNOS.CH4/c1-17-6-14-22(15-7-17)30(28,29)25-20(10-8-18-4-2-3-5-23(18)25)11-9-19-12-13-21(26)16-24(19)27;1-15-3-9-19(10-4-15)26(2,25)21-11-12-24-14-17(21)6-5-16-7-8-18(22)13-20(16)23;/h6-8,10,12-16H,2-5,9,11H2,1H3;3-4,7-14H,2,5-6H2,1H3;1H4. The van der Waals surface area contributed by atoms with Crippen LogP contribution in [0.15, 0.2) is 135 Å². The molecule has 10 heteroatoms. The number of hydrogen-bond donors (Lipinski definition) is 0. The van der Waals surface area contributed by atoms with Gasteiger partial charge in [0.2, 0.25) is 9.84 Å². The third-order valence-electron chi connectivity index (χ3n) is 10.1. The van der Waals surface area contributed by atoms with E-state index >= 15 is 0 Å². The number of hydrogen-bond acceptors (Lipinski definition) is 4. The van der Waals surface area contributed by atoms with Crippen molar-refractivity contribution in [3.8, 4) is 0 Å². The van der Waals surface area contributed by atoms with Gasteiger partial charge in [0.05, 0.1) is 9.79 Å². The van der Waals surface area contributed by atoms with E-state index in [1.807, 2.05) is 56.3 Å². The summed E-state index contributed by atoms with van der Waals surface area (Å²) < 4.78 is 69.0. The molecule has 0 N–H and O–H groups in total. The van der Waals surface area contributed by atoms with Crippen molar-refractivity contribution >= 4 is 48.4 Å². The Morgan fingerprint density at radius 3 is 1.68 bits per heavy atom. The Kier molecular flexibility index (Phi) is 14.5. The number of aromatic nitrogens is 1. The number of rotatable bonds is 10. The number of pyridine rings is 1. The minimum atomic E-state index is -3.66. The third kappa shape index (κ3) is 10.4. The lowest BCUT2D eigenvalue weighted by Gasteiger charge is -2.22. The van der Waals surface area contributed by atoms with Gasteiger partial charge in [-0.25, -0.2) is 17.2 Å². The number of nitrogens with zero attached hydrogens (tertiary/aromatic N) is 1. The molecular weight excluding hydrogens is 800 g/mol. The highest BCUT2D eigenvalue weighted by Gasteiger charge is 2.28. The Morgan fingerprint density at radius 1 is 0.632 bits per heavy atom. The second kappa shape index (κ2) is 18.9. The molecule has 1 atom stereocenters. The van der Waals surface area contributed by atoms with Crippen LogP contribution in [-0.2, 0) is 57.9 Å². The number of fused-ring (bicyclic) bond motifs is 1. The lowest BCUT2D eigenvalue weighted by atomic mass is 9.89. The van der Waals surface area contributed by atoms with Gasteiger partial charge in [0.25, 0.3) is 0 Å². The molecule has 0 aliphatic heterocycles. The van der Waals surface area contributed by atoms with Crippen LogP contribution in [-0.4, -0.2) is 23.5 Å². The number of benzene rings is 5. The summed E-state index contributed by atoms with van der Waals surface area (Å²) in [6, 6.07) is 29.5. The van der Waals surface area contributed by atoms with E-state index < -0.39 is 19.4 Å². The van der Waals surface area contributed by atoms with Crippen molar-refractivity contribution in [2.24, 2.45) is 0 Å². The van der Waals surface area contributed by atoms with Crippen LogP contribution >= 0.6 is 23.2 Å². The SMILES string of the molecule is C.C=S(=O)(c1ccc(C)cc1)c1ccncc1CCc1ccc(Cl)cc1F.Cc1ccc(S(=O)(=O)c2c(CCc3ccc(Cl)cc3F)ccc3c2CCCC3)cc1. The van der Waals surface area contributed by atoms with E-state index in [0.29, 0.717) is 66.4 Å². The highest BCUT2D eigenvalue weighted by molar-refractivity contribution is 8.00. The monoisotopic (exact) mass is 845 g/mol. The van der Waals surface area contributed by atoms with Crippen LogP contribution in [0.25, 0.3) is 0 Å². The van der Waals surface area contributed by atoms with Crippen LogP contribution < -0.4 is 0 Å². The van der Waals surface area contributed by atoms with Crippen LogP contribution in [0.4, 0.5) is 8.78 Å². The molecule has 57 heavy (non-hydrogen) atoms. The van der Waals surface area contributed by atoms with Crippen molar-refractivity contribution in [3.05, 3.63) is 182 Å². The molecule has 1 heterocycles. The van der Waals surface area contributed by atoms with Gasteiger partial charge in [-0.15, -0.1) is 0 Å². The molecule has 298 valence electrons. The summed E-state index contributed by atoms with van der Waals surface area (Å²) in [5, 5.41) is 0.723. The van der Waals surface area contributed by atoms with Crippen LogP contribution in [0.5, 0.6) is 0 Å². The van der Waals surface area contributed by atoms with E-state index in [2.05, 4.69) is 16.9 Å². The number of halogens is 4. The maximum atomic E-state index is 14.3. The topological polar surface area (TPSA) is 64.1 Å². The second-order valence-electron chi connectivity index (χ2n) is 14.2. The molecule has 0 fully saturated rings. The molecule has 0 saturated heterocycles. The van der Waals surface area contributed by atoms with Crippen molar-refractivity contribution < 1.29 is 21.4 Å². The average molecular weight is 847 g/mol. The highest BCUT2D eigenvalue weighted by Crippen LogP contribution is 2.35. The van der Waals surface area contributed by atoms with E-state index in [-0.39, 0.29) is 19.1 Å². The summed E-state index contributed by atoms with van der Waals surface area (Å²) in [6.07, 6.45) is 8.86.